The number of rotatable bonds is 1. The van der Waals surface area contributed by atoms with Gasteiger partial charge in [-0.3, -0.25) is 4.79 Å². The average molecular weight is 483 g/mol. The molecule has 3 aromatic carbocycles. The summed E-state index contributed by atoms with van der Waals surface area (Å²) >= 11 is 0. The van der Waals surface area contributed by atoms with E-state index < -0.39 is 17.6 Å². The minimum Gasteiger partial charge on any atom is -0.454 e. The van der Waals surface area contributed by atoms with Gasteiger partial charge in [0.05, 0.1) is 11.1 Å². The van der Waals surface area contributed by atoms with Crippen LogP contribution < -0.4 is 4.74 Å². The second kappa shape index (κ2) is 8.72. The van der Waals surface area contributed by atoms with E-state index in [1.54, 1.807) is 29.2 Å². The van der Waals surface area contributed by atoms with Gasteiger partial charge in [-0.2, -0.15) is 13.2 Å². The van der Waals surface area contributed by atoms with Gasteiger partial charge in [0, 0.05) is 31.2 Å². The zero-order valence-electron chi connectivity index (χ0n) is 18.7. The fraction of sp³-hybridized carbons (Fsp3) is 0.231. The van der Waals surface area contributed by atoms with Crippen molar-refractivity contribution in [3.05, 3.63) is 89.2 Å². The van der Waals surface area contributed by atoms with E-state index in [9.17, 15) is 22.4 Å². The molecule has 2 aliphatic rings. The summed E-state index contributed by atoms with van der Waals surface area (Å²) in [6.45, 7) is 3.00. The predicted molar refractivity (Wildman–Crippen MR) is 123 cm³/mol. The van der Waals surface area contributed by atoms with Crippen molar-refractivity contribution in [2.45, 2.75) is 19.1 Å². The number of alkyl halides is 3. The summed E-state index contributed by atoms with van der Waals surface area (Å²) in [5.41, 5.74) is 0.184. The Morgan fingerprint density at radius 1 is 1.00 bits per heavy atom. The molecule has 0 aromatic heterocycles. The van der Waals surface area contributed by atoms with Gasteiger partial charge in [0.25, 0.3) is 5.91 Å². The van der Waals surface area contributed by atoms with E-state index in [1.165, 1.54) is 24.3 Å². The SMILES string of the molecule is CC1CN(C2=Nc3cc(C(F)(F)F)ccc3Oc3ccccc32)CCN1C(=O)c1cccc(F)c1. The molecule has 2 aliphatic heterocycles. The summed E-state index contributed by atoms with van der Waals surface area (Å²) in [5.74, 6) is 0.430. The molecule has 5 rings (SSSR count). The lowest BCUT2D eigenvalue weighted by Gasteiger charge is -2.41. The van der Waals surface area contributed by atoms with Crippen molar-refractivity contribution in [1.29, 1.82) is 0 Å². The molecule has 0 radical (unpaired) electrons. The van der Waals surface area contributed by atoms with Crippen LogP contribution in [0.5, 0.6) is 11.5 Å². The third-order valence-corrected chi connectivity index (χ3v) is 6.12. The Labute approximate surface area is 199 Å². The minimum absolute atomic E-state index is 0.0805. The van der Waals surface area contributed by atoms with Crippen LogP contribution in [-0.2, 0) is 6.18 Å². The maximum Gasteiger partial charge on any atom is 0.416 e. The lowest BCUT2D eigenvalue weighted by molar-refractivity contribution is -0.137. The van der Waals surface area contributed by atoms with Gasteiger partial charge >= 0.3 is 6.18 Å². The molecule has 9 heteroatoms. The van der Waals surface area contributed by atoms with E-state index in [-0.39, 0.29) is 28.9 Å². The Hall–Kier alpha value is -3.88. The minimum atomic E-state index is -4.51. The molecule has 0 aliphatic carbocycles. The van der Waals surface area contributed by atoms with Crippen LogP contribution in [0.1, 0.15) is 28.4 Å². The number of piperazine rings is 1. The molecule has 1 saturated heterocycles. The number of amides is 1. The van der Waals surface area contributed by atoms with Crippen LogP contribution in [0, 0.1) is 5.82 Å². The number of fused-ring (bicyclic) bond motifs is 2. The summed E-state index contributed by atoms with van der Waals surface area (Å²) in [4.78, 5) is 21.2. The first-order chi connectivity index (χ1) is 16.7. The number of nitrogens with zero attached hydrogens (tertiary/aromatic N) is 3. The summed E-state index contributed by atoms with van der Waals surface area (Å²) in [6.07, 6.45) is -4.51. The highest BCUT2D eigenvalue weighted by Gasteiger charge is 2.34. The number of aliphatic imine (C=N–C) groups is 1. The van der Waals surface area contributed by atoms with E-state index >= 15 is 0 Å². The quantitative estimate of drug-likeness (QED) is 0.407. The van der Waals surface area contributed by atoms with E-state index in [1.807, 2.05) is 17.9 Å². The van der Waals surface area contributed by atoms with Gasteiger partial charge in [0.2, 0.25) is 0 Å². The smallest absolute Gasteiger partial charge is 0.416 e. The molecule has 2 heterocycles. The number of para-hydroxylation sites is 1. The lowest BCUT2D eigenvalue weighted by atomic mass is 10.1. The first-order valence-electron chi connectivity index (χ1n) is 11.1. The van der Waals surface area contributed by atoms with E-state index in [0.29, 0.717) is 36.8 Å². The Morgan fingerprint density at radius 3 is 2.54 bits per heavy atom. The number of hydrogen-bond acceptors (Lipinski definition) is 4. The molecule has 180 valence electrons. The molecule has 1 amide bonds. The highest BCUT2D eigenvalue weighted by Crippen LogP contribution is 2.41. The van der Waals surface area contributed by atoms with Crippen molar-refractivity contribution < 1.29 is 27.1 Å². The monoisotopic (exact) mass is 483 g/mol. The molecule has 3 aromatic rings. The lowest BCUT2D eigenvalue weighted by Crippen LogP contribution is -2.55. The van der Waals surface area contributed by atoms with Crippen molar-refractivity contribution >= 4 is 17.4 Å². The molecule has 1 fully saturated rings. The maximum absolute atomic E-state index is 13.6. The number of carbonyl (C=O) groups is 1. The zero-order valence-corrected chi connectivity index (χ0v) is 18.7. The van der Waals surface area contributed by atoms with Gasteiger partial charge in [-0.25, -0.2) is 9.38 Å². The molecule has 1 atom stereocenters. The second-order valence-electron chi connectivity index (χ2n) is 8.52. The first kappa shape index (κ1) is 22.9. The molecule has 0 saturated carbocycles. The largest absolute Gasteiger partial charge is 0.454 e. The highest BCUT2D eigenvalue weighted by molar-refractivity contribution is 6.04. The molecule has 0 spiro atoms. The Kier molecular flexibility index (Phi) is 5.70. The number of carbonyl (C=O) groups excluding carboxylic acids is 1. The number of benzene rings is 3. The Morgan fingerprint density at radius 2 is 1.80 bits per heavy atom. The fourth-order valence-electron chi connectivity index (χ4n) is 4.38. The molecular formula is C26H21F4N3O2. The van der Waals surface area contributed by atoms with Crippen LogP contribution in [0.2, 0.25) is 0 Å². The average Bonchev–Trinajstić information content (AvgIpc) is 2.99. The normalized spacial score (nSPS) is 17.6. The van der Waals surface area contributed by atoms with Crippen molar-refractivity contribution in [1.82, 2.24) is 9.80 Å². The van der Waals surface area contributed by atoms with Crippen molar-refractivity contribution in [2.24, 2.45) is 4.99 Å². The highest BCUT2D eigenvalue weighted by atomic mass is 19.4. The summed E-state index contributed by atoms with van der Waals surface area (Å²) in [5, 5.41) is 0. The van der Waals surface area contributed by atoms with Gasteiger partial charge in [-0.15, -0.1) is 0 Å². The number of halogens is 4. The third-order valence-electron chi connectivity index (χ3n) is 6.12. The van der Waals surface area contributed by atoms with Crippen molar-refractivity contribution in [3.8, 4) is 11.5 Å². The second-order valence-corrected chi connectivity index (χ2v) is 8.52. The van der Waals surface area contributed by atoms with Gasteiger partial charge in [0.1, 0.15) is 23.1 Å². The van der Waals surface area contributed by atoms with Crippen molar-refractivity contribution in [2.75, 3.05) is 19.6 Å². The molecule has 1 unspecified atom stereocenters. The van der Waals surface area contributed by atoms with E-state index in [4.69, 9.17) is 4.74 Å². The van der Waals surface area contributed by atoms with Gasteiger partial charge in [-0.1, -0.05) is 18.2 Å². The predicted octanol–water partition coefficient (Wildman–Crippen LogP) is 5.88. The van der Waals surface area contributed by atoms with Crippen LogP contribution in [0.15, 0.2) is 71.7 Å². The molecular weight excluding hydrogens is 462 g/mol. The maximum atomic E-state index is 13.6. The van der Waals surface area contributed by atoms with Gasteiger partial charge in [-0.05, 0) is 55.5 Å². The summed E-state index contributed by atoms with van der Waals surface area (Å²) in [7, 11) is 0. The van der Waals surface area contributed by atoms with Crippen molar-refractivity contribution in [3.63, 3.8) is 0 Å². The number of ether oxygens (including phenoxy) is 1. The van der Waals surface area contributed by atoms with E-state index in [2.05, 4.69) is 4.99 Å². The van der Waals surface area contributed by atoms with Crippen LogP contribution in [0.25, 0.3) is 0 Å². The Balaban J connectivity index is 1.48. The number of hydrogen-bond donors (Lipinski definition) is 0. The van der Waals surface area contributed by atoms with Crippen LogP contribution >= 0.6 is 0 Å². The van der Waals surface area contributed by atoms with Crippen LogP contribution in [-0.4, -0.2) is 47.2 Å². The van der Waals surface area contributed by atoms with Crippen LogP contribution in [0.4, 0.5) is 23.2 Å². The Bertz CT molecular complexity index is 1320. The molecule has 0 N–H and O–H groups in total. The zero-order chi connectivity index (χ0) is 24.7. The standard InChI is InChI=1S/C26H21F4N3O2/c1-16-15-32(11-12-33(16)25(34)17-5-4-6-19(27)13-17)24-20-7-2-3-8-22(20)35-23-10-9-18(26(28,29)30)14-21(23)31-24/h2-10,13-14,16H,11-12,15H2,1H3. The third kappa shape index (κ3) is 4.45. The molecule has 35 heavy (non-hydrogen) atoms. The van der Waals surface area contributed by atoms with Crippen LogP contribution in [0.3, 0.4) is 0 Å². The molecule has 0 bridgehead atoms. The fourth-order valence-corrected chi connectivity index (χ4v) is 4.38. The topological polar surface area (TPSA) is 45.1 Å². The molecule has 5 nitrogen and oxygen atoms in total. The first-order valence-corrected chi connectivity index (χ1v) is 11.1. The number of amidine groups is 1. The summed E-state index contributed by atoms with van der Waals surface area (Å²) in [6, 6.07) is 15.7. The van der Waals surface area contributed by atoms with E-state index in [0.717, 1.165) is 12.1 Å². The summed E-state index contributed by atoms with van der Waals surface area (Å²) < 4.78 is 59.6. The van der Waals surface area contributed by atoms with Gasteiger partial charge in [0.15, 0.2) is 5.75 Å². The van der Waals surface area contributed by atoms with Gasteiger partial charge < -0.3 is 14.5 Å².